The highest BCUT2D eigenvalue weighted by Crippen LogP contribution is 2.10. The van der Waals surface area contributed by atoms with Crippen LogP contribution in [0.25, 0.3) is 0 Å². The Morgan fingerprint density at radius 1 is 1.30 bits per heavy atom. The van der Waals surface area contributed by atoms with Gasteiger partial charge in [0.2, 0.25) is 11.8 Å². The molecule has 1 amide bonds. The van der Waals surface area contributed by atoms with E-state index in [9.17, 15) is 4.79 Å². The van der Waals surface area contributed by atoms with E-state index in [1.54, 1.807) is 0 Å². The van der Waals surface area contributed by atoms with Gasteiger partial charge >= 0.3 is 6.01 Å². The number of nitrogens with zero attached hydrogens (tertiary/aromatic N) is 2. The van der Waals surface area contributed by atoms with Crippen LogP contribution in [0.2, 0.25) is 0 Å². The van der Waals surface area contributed by atoms with Crippen LogP contribution in [0.5, 0.6) is 5.75 Å². The Morgan fingerprint density at radius 2 is 2.10 bits per heavy atom. The molecule has 0 aliphatic carbocycles. The summed E-state index contributed by atoms with van der Waals surface area (Å²) in [5, 5.41) is 10.1. The number of aryl methyl sites for hydroxylation is 1. The van der Waals surface area contributed by atoms with E-state index in [1.807, 2.05) is 37.3 Å². The van der Waals surface area contributed by atoms with Gasteiger partial charge in [0.15, 0.2) is 0 Å². The van der Waals surface area contributed by atoms with Crippen molar-refractivity contribution in [2.45, 2.75) is 26.2 Å². The van der Waals surface area contributed by atoms with Crippen LogP contribution < -0.4 is 10.1 Å². The first-order valence-electron chi connectivity index (χ1n) is 6.58. The summed E-state index contributed by atoms with van der Waals surface area (Å²) in [5.74, 6) is 1.05. The normalized spacial score (nSPS) is 10.2. The van der Waals surface area contributed by atoms with Gasteiger partial charge in [0.25, 0.3) is 0 Å². The molecule has 1 N–H and O–H groups in total. The second kappa shape index (κ2) is 7.28. The summed E-state index contributed by atoms with van der Waals surface area (Å²) < 4.78 is 10.7. The number of carbonyl (C=O) groups excluding carboxylic acids is 1. The highest BCUT2D eigenvalue weighted by molar-refractivity contribution is 5.88. The molecule has 1 heterocycles. The van der Waals surface area contributed by atoms with Crippen molar-refractivity contribution in [3.8, 4) is 5.75 Å². The van der Waals surface area contributed by atoms with Crippen LogP contribution in [0.1, 0.15) is 25.7 Å². The van der Waals surface area contributed by atoms with Crippen molar-refractivity contribution in [3.63, 3.8) is 0 Å². The number of benzene rings is 1. The summed E-state index contributed by atoms with van der Waals surface area (Å²) in [4.78, 5) is 11.7. The second-order valence-corrected chi connectivity index (χ2v) is 4.21. The first-order valence-corrected chi connectivity index (χ1v) is 6.58. The molecule has 20 heavy (non-hydrogen) atoms. The first-order chi connectivity index (χ1) is 9.78. The lowest BCUT2D eigenvalue weighted by atomic mass is 10.3. The fourth-order valence-electron chi connectivity index (χ4n) is 1.58. The van der Waals surface area contributed by atoms with Crippen molar-refractivity contribution in [1.29, 1.82) is 0 Å². The molecule has 0 aliphatic rings. The third-order valence-electron chi connectivity index (χ3n) is 2.52. The van der Waals surface area contributed by atoms with Crippen molar-refractivity contribution in [1.82, 2.24) is 10.2 Å². The molecule has 1 aromatic heterocycles. The van der Waals surface area contributed by atoms with Gasteiger partial charge in [-0.1, -0.05) is 30.2 Å². The fraction of sp³-hybridized carbons (Fsp3) is 0.357. The Kier molecular flexibility index (Phi) is 5.11. The van der Waals surface area contributed by atoms with Gasteiger partial charge in [0.1, 0.15) is 5.75 Å². The van der Waals surface area contributed by atoms with Gasteiger partial charge in [0.05, 0.1) is 13.0 Å². The molecule has 6 nitrogen and oxygen atoms in total. The van der Waals surface area contributed by atoms with E-state index >= 15 is 0 Å². The van der Waals surface area contributed by atoms with Gasteiger partial charge < -0.3 is 9.15 Å². The number of ether oxygens (including phenoxy) is 1. The van der Waals surface area contributed by atoms with Gasteiger partial charge in [-0.3, -0.25) is 10.1 Å². The Labute approximate surface area is 117 Å². The Morgan fingerprint density at radius 3 is 2.85 bits per heavy atom. The third kappa shape index (κ3) is 4.38. The van der Waals surface area contributed by atoms with Gasteiger partial charge in [-0.05, 0) is 18.6 Å². The van der Waals surface area contributed by atoms with Crippen molar-refractivity contribution < 1.29 is 13.9 Å². The smallest absolute Gasteiger partial charge is 0.322 e. The molecule has 0 spiro atoms. The summed E-state index contributed by atoms with van der Waals surface area (Å²) >= 11 is 0. The lowest BCUT2D eigenvalue weighted by molar-refractivity contribution is -0.116. The molecule has 106 valence electrons. The zero-order chi connectivity index (χ0) is 14.2. The molecule has 6 heteroatoms. The zero-order valence-electron chi connectivity index (χ0n) is 11.3. The van der Waals surface area contributed by atoms with Crippen LogP contribution in [0.3, 0.4) is 0 Å². The van der Waals surface area contributed by atoms with Crippen molar-refractivity contribution in [2.24, 2.45) is 0 Å². The molecule has 0 unspecified atom stereocenters. The maximum absolute atomic E-state index is 11.7. The quantitative estimate of drug-likeness (QED) is 0.839. The van der Waals surface area contributed by atoms with Crippen LogP contribution in [-0.2, 0) is 11.2 Å². The molecule has 0 bridgehead atoms. The van der Waals surface area contributed by atoms with Gasteiger partial charge in [-0.25, -0.2) is 0 Å². The van der Waals surface area contributed by atoms with Crippen molar-refractivity contribution in [2.75, 3.05) is 11.9 Å². The molecule has 0 saturated carbocycles. The van der Waals surface area contributed by atoms with E-state index in [-0.39, 0.29) is 18.3 Å². The topological polar surface area (TPSA) is 77.2 Å². The van der Waals surface area contributed by atoms with Crippen LogP contribution >= 0.6 is 0 Å². The number of para-hydroxylation sites is 1. The summed E-state index contributed by atoms with van der Waals surface area (Å²) in [5.41, 5.74) is 0. The number of aromatic nitrogens is 2. The molecular weight excluding hydrogens is 258 g/mol. The summed E-state index contributed by atoms with van der Waals surface area (Å²) in [6.45, 7) is 2.31. The SMILES string of the molecule is CCCc1nnc(NC(=O)CCOc2ccccc2)o1. The molecular formula is C14H17N3O3. The minimum atomic E-state index is -0.215. The number of nitrogens with one attached hydrogen (secondary N) is 1. The lowest BCUT2D eigenvalue weighted by Gasteiger charge is -2.04. The van der Waals surface area contributed by atoms with Crippen LogP contribution in [-0.4, -0.2) is 22.7 Å². The van der Waals surface area contributed by atoms with E-state index in [1.165, 1.54) is 0 Å². The Bertz CT molecular complexity index is 540. The minimum Gasteiger partial charge on any atom is -0.493 e. The Balaban J connectivity index is 1.72. The summed E-state index contributed by atoms with van der Waals surface area (Å²) in [6.07, 6.45) is 1.85. The number of carbonyl (C=O) groups is 1. The monoisotopic (exact) mass is 275 g/mol. The van der Waals surface area contributed by atoms with Gasteiger partial charge in [-0.2, -0.15) is 0 Å². The molecule has 0 radical (unpaired) electrons. The lowest BCUT2D eigenvalue weighted by Crippen LogP contribution is -2.15. The molecule has 0 aliphatic heterocycles. The maximum Gasteiger partial charge on any atom is 0.322 e. The highest BCUT2D eigenvalue weighted by atomic mass is 16.5. The first kappa shape index (κ1) is 14.0. The second-order valence-electron chi connectivity index (χ2n) is 4.21. The molecule has 0 atom stereocenters. The van der Waals surface area contributed by atoms with E-state index in [0.29, 0.717) is 18.9 Å². The average Bonchev–Trinajstić information content (AvgIpc) is 2.88. The predicted octanol–water partition coefficient (Wildman–Crippen LogP) is 2.43. The molecule has 2 rings (SSSR count). The highest BCUT2D eigenvalue weighted by Gasteiger charge is 2.09. The van der Waals surface area contributed by atoms with Crippen molar-refractivity contribution >= 4 is 11.9 Å². The van der Waals surface area contributed by atoms with E-state index in [0.717, 1.165) is 12.2 Å². The van der Waals surface area contributed by atoms with Crippen LogP contribution in [0, 0.1) is 0 Å². The number of hydrogen-bond donors (Lipinski definition) is 1. The number of amides is 1. The predicted molar refractivity (Wildman–Crippen MR) is 73.5 cm³/mol. The van der Waals surface area contributed by atoms with Gasteiger partial charge in [-0.15, -0.1) is 5.10 Å². The minimum absolute atomic E-state index is 0.137. The maximum atomic E-state index is 11.7. The van der Waals surface area contributed by atoms with Gasteiger partial charge in [0, 0.05) is 6.42 Å². The molecule has 0 saturated heterocycles. The van der Waals surface area contributed by atoms with E-state index < -0.39 is 0 Å². The fourth-order valence-corrected chi connectivity index (χ4v) is 1.58. The summed E-state index contributed by atoms with van der Waals surface area (Å²) in [6, 6.07) is 9.48. The van der Waals surface area contributed by atoms with E-state index in [2.05, 4.69) is 15.5 Å². The van der Waals surface area contributed by atoms with Crippen LogP contribution in [0.4, 0.5) is 6.01 Å². The van der Waals surface area contributed by atoms with E-state index in [4.69, 9.17) is 9.15 Å². The number of hydrogen-bond acceptors (Lipinski definition) is 5. The van der Waals surface area contributed by atoms with Crippen molar-refractivity contribution in [3.05, 3.63) is 36.2 Å². The molecule has 0 fully saturated rings. The Hall–Kier alpha value is -2.37. The number of rotatable bonds is 7. The molecule has 1 aromatic carbocycles. The standard InChI is InChI=1S/C14H17N3O3/c1-2-6-13-16-17-14(20-13)15-12(18)9-10-19-11-7-4-3-5-8-11/h3-5,7-8H,2,6,9-10H2,1H3,(H,15,17,18). The molecule has 2 aromatic rings. The number of anilines is 1. The largest absolute Gasteiger partial charge is 0.493 e. The average molecular weight is 275 g/mol. The zero-order valence-corrected chi connectivity index (χ0v) is 11.3. The van der Waals surface area contributed by atoms with Crippen LogP contribution in [0.15, 0.2) is 34.7 Å². The summed E-state index contributed by atoms with van der Waals surface area (Å²) in [7, 11) is 0. The third-order valence-corrected chi connectivity index (χ3v) is 2.52.